The van der Waals surface area contributed by atoms with E-state index in [0.717, 1.165) is 16.8 Å². The molecule has 0 heterocycles. The third-order valence-electron chi connectivity index (χ3n) is 3.25. The molecule has 0 saturated carbocycles. The molecule has 2 aromatic carbocycles. The topological polar surface area (TPSA) is 45.0 Å². The molecule has 3 nitrogen and oxygen atoms in total. The highest BCUT2D eigenvalue weighted by molar-refractivity contribution is 5.61. The molecule has 0 amide bonds. The quantitative estimate of drug-likeness (QED) is 0.898. The maximum absolute atomic E-state index is 9.29. The molecule has 0 aromatic heterocycles. The molecule has 0 aliphatic heterocycles. The maximum Gasteiger partial charge on any atom is 0.102 e. The molecule has 0 fully saturated rings. The van der Waals surface area contributed by atoms with Crippen molar-refractivity contribution in [3.8, 4) is 6.07 Å². The molecule has 0 bridgehead atoms. The summed E-state index contributed by atoms with van der Waals surface area (Å²) in [6.45, 7) is 2.49. The first-order valence-corrected chi connectivity index (χ1v) is 6.56. The van der Waals surface area contributed by atoms with E-state index in [9.17, 15) is 5.26 Å². The molecule has 2 rings (SSSR count). The predicted molar refractivity (Wildman–Crippen MR) is 80.6 cm³/mol. The van der Waals surface area contributed by atoms with Gasteiger partial charge in [-0.3, -0.25) is 0 Å². The first-order valence-electron chi connectivity index (χ1n) is 6.56. The standard InChI is InChI=1S/C17H18N2O/c1-13-7-6-10-16(15(13)11-18)19-17(12-20-2)14-8-4-3-5-9-14/h3-10,17,19H,12H2,1-2H3. The number of hydrogen-bond donors (Lipinski definition) is 1. The zero-order valence-corrected chi connectivity index (χ0v) is 11.8. The number of anilines is 1. The molecular formula is C17H18N2O. The van der Waals surface area contributed by atoms with Crippen molar-refractivity contribution < 1.29 is 4.74 Å². The van der Waals surface area contributed by atoms with E-state index in [1.807, 2.05) is 43.3 Å². The predicted octanol–water partition coefficient (Wildman–Crippen LogP) is 3.67. The Hall–Kier alpha value is -2.31. The Morgan fingerprint density at radius 2 is 1.90 bits per heavy atom. The number of ether oxygens (including phenoxy) is 1. The number of nitrogens with zero attached hydrogens (tertiary/aromatic N) is 1. The summed E-state index contributed by atoms with van der Waals surface area (Å²) in [6.07, 6.45) is 0. The van der Waals surface area contributed by atoms with Crippen LogP contribution in [0.15, 0.2) is 48.5 Å². The van der Waals surface area contributed by atoms with E-state index in [-0.39, 0.29) is 6.04 Å². The van der Waals surface area contributed by atoms with Crippen LogP contribution in [-0.4, -0.2) is 13.7 Å². The van der Waals surface area contributed by atoms with E-state index in [1.54, 1.807) is 7.11 Å². The lowest BCUT2D eigenvalue weighted by Gasteiger charge is -2.21. The van der Waals surface area contributed by atoms with Crippen molar-refractivity contribution >= 4 is 5.69 Å². The van der Waals surface area contributed by atoms with Gasteiger partial charge in [-0.25, -0.2) is 0 Å². The molecule has 0 aliphatic rings. The van der Waals surface area contributed by atoms with Crippen LogP contribution < -0.4 is 5.32 Å². The molecule has 0 radical (unpaired) electrons. The van der Waals surface area contributed by atoms with Gasteiger partial charge in [-0.05, 0) is 24.1 Å². The van der Waals surface area contributed by atoms with Crippen molar-refractivity contribution in [3.05, 3.63) is 65.2 Å². The number of hydrogen-bond acceptors (Lipinski definition) is 3. The fraction of sp³-hybridized carbons (Fsp3) is 0.235. The summed E-state index contributed by atoms with van der Waals surface area (Å²) in [4.78, 5) is 0. The number of benzene rings is 2. The average molecular weight is 266 g/mol. The third-order valence-corrected chi connectivity index (χ3v) is 3.25. The van der Waals surface area contributed by atoms with Crippen LogP contribution in [0.3, 0.4) is 0 Å². The van der Waals surface area contributed by atoms with Crippen molar-refractivity contribution in [1.29, 1.82) is 5.26 Å². The van der Waals surface area contributed by atoms with E-state index < -0.39 is 0 Å². The van der Waals surface area contributed by atoms with Gasteiger partial charge in [0.05, 0.1) is 23.9 Å². The van der Waals surface area contributed by atoms with Gasteiger partial charge in [0.1, 0.15) is 6.07 Å². The Bertz CT molecular complexity index is 602. The van der Waals surface area contributed by atoms with Crippen LogP contribution in [0.2, 0.25) is 0 Å². The molecule has 0 spiro atoms. The highest BCUT2D eigenvalue weighted by Crippen LogP contribution is 2.24. The SMILES string of the molecule is COCC(Nc1cccc(C)c1C#N)c1ccccc1. The average Bonchev–Trinajstić information content (AvgIpc) is 2.48. The monoisotopic (exact) mass is 266 g/mol. The normalized spacial score (nSPS) is 11.7. The van der Waals surface area contributed by atoms with Crippen LogP contribution in [0.4, 0.5) is 5.69 Å². The van der Waals surface area contributed by atoms with E-state index in [0.29, 0.717) is 12.2 Å². The number of aryl methyl sites for hydroxylation is 1. The number of nitriles is 1. The second-order valence-electron chi connectivity index (χ2n) is 4.67. The molecular weight excluding hydrogens is 248 g/mol. The maximum atomic E-state index is 9.29. The molecule has 102 valence electrons. The minimum absolute atomic E-state index is 0.0232. The van der Waals surface area contributed by atoms with Crippen LogP contribution in [0.25, 0.3) is 0 Å². The van der Waals surface area contributed by atoms with Crippen LogP contribution >= 0.6 is 0 Å². The lowest BCUT2D eigenvalue weighted by molar-refractivity contribution is 0.186. The van der Waals surface area contributed by atoms with Crippen LogP contribution in [0.5, 0.6) is 0 Å². The van der Waals surface area contributed by atoms with Gasteiger partial charge in [-0.15, -0.1) is 0 Å². The molecule has 2 aromatic rings. The van der Waals surface area contributed by atoms with Crippen LogP contribution in [-0.2, 0) is 4.74 Å². The van der Waals surface area contributed by atoms with Gasteiger partial charge in [-0.2, -0.15) is 5.26 Å². The summed E-state index contributed by atoms with van der Waals surface area (Å²) in [6, 6.07) is 18.2. The van der Waals surface area contributed by atoms with Crippen molar-refractivity contribution in [2.24, 2.45) is 0 Å². The number of nitrogens with one attached hydrogen (secondary N) is 1. The lowest BCUT2D eigenvalue weighted by atomic mass is 10.0. The van der Waals surface area contributed by atoms with E-state index in [4.69, 9.17) is 4.74 Å². The second-order valence-corrected chi connectivity index (χ2v) is 4.67. The van der Waals surface area contributed by atoms with Crippen molar-refractivity contribution in [2.45, 2.75) is 13.0 Å². The molecule has 1 atom stereocenters. The lowest BCUT2D eigenvalue weighted by Crippen LogP contribution is -2.17. The highest BCUT2D eigenvalue weighted by atomic mass is 16.5. The van der Waals surface area contributed by atoms with Gasteiger partial charge in [0.15, 0.2) is 0 Å². The molecule has 1 unspecified atom stereocenters. The van der Waals surface area contributed by atoms with Crippen LogP contribution in [0, 0.1) is 18.3 Å². The van der Waals surface area contributed by atoms with Crippen LogP contribution in [0.1, 0.15) is 22.7 Å². The van der Waals surface area contributed by atoms with Crippen molar-refractivity contribution in [1.82, 2.24) is 0 Å². The van der Waals surface area contributed by atoms with Gasteiger partial charge in [0.25, 0.3) is 0 Å². The summed E-state index contributed by atoms with van der Waals surface area (Å²) >= 11 is 0. The van der Waals surface area contributed by atoms with Crippen molar-refractivity contribution in [3.63, 3.8) is 0 Å². The summed E-state index contributed by atoms with van der Waals surface area (Å²) < 4.78 is 5.29. The van der Waals surface area contributed by atoms with Gasteiger partial charge in [0.2, 0.25) is 0 Å². The first kappa shape index (κ1) is 14.1. The van der Waals surface area contributed by atoms with Gasteiger partial charge >= 0.3 is 0 Å². The Morgan fingerprint density at radius 1 is 1.15 bits per heavy atom. The van der Waals surface area contributed by atoms with E-state index in [2.05, 4.69) is 23.5 Å². The summed E-state index contributed by atoms with van der Waals surface area (Å²) in [7, 11) is 1.68. The molecule has 0 saturated heterocycles. The van der Waals surface area contributed by atoms with Gasteiger partial charge in [0, 0.05) is 7.11 Å². The number of rotatable bonds is 5. The Morgan fingerprint density at radius 3 is 2.55 bits per heavy atom. The molecule has 3 heteroatoms. The number of methoxy groups -OCH3 is 1. The Kier molecular flexibility index (Phi) is 4.75. The minimum atomic E-state index is 0.0232. The van der Waals surface area contributed by atoms with E-state index >= 15 is 0 Å². The fourth-order valence-corrected chi connectivity index (χ4v) is 2.20. The molecule has 20 heavy (non-hydrogen) atoms. The first-order chi connectivity index (χ1) is 9.76. The van der Waals surface area contributed by atoms with E-state index in [1.165, 1.54) is 0 Å². The second kappa shape index (κ2) is 6.74. The van der Waals surface area contributed by atoms with Gasteiger partial charge in [-0.1, -0.05) is 42.5 Å². The minimum Gasteiger partial charge on any atom is -0.382 e. The van der Waals surface area contributed by atoms with Gasteiger partial charge < -0.3 is 10.1 Å². The molecule has 0 aliphatic carbocycles. The third kappa shape index (κ3) is 3.17. The van der Waals surface area contributed by atoms with Crippen molar-refractivity contribution in [2.75, 3.05) is 19.0 Å². The summed E-state index contributed by atoms with van der Waals surface area (Å²) in [5, 5.41) is 12.7. The fourth-order valence-electron chi connectivity index (χ4n) is 2.20. The smallest absolute Gasteiger partial charge is 0.102 e. The Balaban J connectivity index is 2.30. The molecule has 1 N–H and O–H groups in total. The summed E-state index contributed by atoms with van der Waals surface area (Å²) in [5.74, 6) is 0. The Labute approximate surface area is 119 Å². The highest BCUT2D eigenvalue weighted by Gasteiger charge is 2.13. The zero-order chi connectivity index (χ0) is 14.4. The summed E-state index contributed by atoms with van der Waals surface area (Å²) in [5.41, 5.74) is 3.64. The zero-order valence-electron chi connectivity index (χ0n) is 11.8. The largest absolute Gasteiger partial charge is 0.382 e.